The second-order valence-electron chi connectivity index (χ2n) is 4.94. The number of hydrogen-bond acceptors (Lipinski definition) is 4. The summed E-state index contributed by atoms with van der Waals surface area (Å²) in [6, 6.07) is 3.29. The Morgan fingerprint density at radius 1 is 1.57 bits per heavy atom. The fraction of sp³-hybridized carbons (Fsp3) is 0.462. The molecule has 2 rings (SSSR count). The first-order valence-electron chi connectivity index (χ1n) is 6.55. The third kappa shape index (κ3) is 3.57. The van der Waals surface area contributed by atoms with E-state index >= 15 is 0 Å². The van der Waals surface area contributed by atoms with Crippen molar-refractivity contribution in [3.05, 3.63) is 29.6 Å². The van der Waals surface area contributed by atoms with Crippen LogP contribution in [0.5, 0.6) is 0 Å². The topological polar surface area (TPSA) is 81.4 Å². The summed E-state index contributed by atoms with van der Waals surface area (Å²) in [5.74, 6) is -0.754. The number of hydrogen-bond donors (Lipinski definition) is 2. The smallest absolute Gasteiger partial charge is 0.241 e. The lowest BCUT2D eigenvalue weighted by molar-refractivity contribution is 0.0902. The van der Waals surface area contributed by atoms with E-state index in [2.05, 4.69) is 4.72 Å². The second kappa shape index (κ2) is 6.35. The summed E-state index contributed by atoms with van der Waals surface area (Å²) in [4.78, 5) is -0.543. The van der Waals surface area contributed by atoms with Gasteiger partial charge in [-0.1, -0.05) is 18.3 Å². The number of rotatable bonds is 5. The summed E-state index contributed by atoms with van der Waals surface area (Å²) in [7, 11) is -3.93. The molecule has 1 heterocycles. The van der Waals surface area contributed by atoms with Crippen LogP contribution in [0.15, 0.2) is 23.1 Å². The Hall–Kier alpha value is -1.09. The highest BCUT2D eigenvalue weighted by atomic mass is 32.2. The van der Waals surface area contributed by atoms with Gasteiger partial charge in [-0.3, -0.25) is 0 Å². The molecule has 2 unspecified atom stereocenters. The standard InChI is InChI=1S/C13H17FN2O3S2/c1-8(10-5-3-7-19-10)16-21(17,18)11-6-2-4-9(14)12(11)13(15)20/h2,4,6,8,10,16H,3,5,7H2,1H3,(H2,15,20). The van der Waals surface area contributed by atoms with Crippen molar-refractivity contribution >= 4 is 27.2 Å². The van der Waals surface area contributed by atoms with Crippen LogP contribution in [0.25, 0.3) is 0 Å². The molecule has 0 aliphatic carbocycles. The molecule has 8 heteroatoms. The van der Waals surface area contributed by atoms with Crippen LogP contribution >= 0.6 is 12.2 Å². The van der Waals surface area contributed by atoms with Gasteiger partial charge in [-0.05, 0) is 31.9 Å². The second-order valence-corrected chi connectivity index (χ2v) is 7.06. The van der Waals surface area contributed by atoms with Gasteiger partial charge in [0.25, 0.3) is 0 Å². The van der Waals surface area contributed by atoms with E-state index in [1.807, 2.05) is 0 Å². The lowest BCUT2D eigenvalue weighted by Gasteiger charge is -2.20. The number of ether oxygens (including phenoxy) is 1. The van der Waals surface area contributed by atoms with Gasteiger partial charge in [0.15, 0.2) is 0 Å². The maximum atomic E-state index is 13.8. The fourth-order valence-corrected chi connectivity index (χ4v) is 4.12. The summed E-state index contributed by atoms with van der Waals surface area (Å²) in [5, 5.41) is 0. The fourth-order valence-electron chi connectivity index (χ4n) is 2.35. The molecule has 21 heavy (non-hydrogen) atoms. The maximum Gasteiger partial charge on any atom is 0.241 e. The average Bonchev–Trinajstić information content (AvgIpc) is 2.91. The SMILES string of the molecule is CC(NS(=O)(=O)c1cccc(F)c1C(N)=S)C1CCCO1. The molecule has 1 aliphatic heterocycles. The molecule has 0 spiro atoms. The number of halogens is 1. The van der Waals surface area contributed by atoms with Gasteiger partial charge in [0.2, 0.25) is 10.0 Å². The van der Waals surface area contributed by atoms with Gasteiger partial charge in [0, 0.05) is 12.6 Å². The molecule has 116 valence electrons. The molecule has 0 amide bonds. The summed E-state index contributed by atoms with van der Waals surface area (Å²) in [6.45, 7) is 2.34. The van der Waals surface area contributed by atoms with Gasteiger partial charge in [-0.25, -0.2) is 17.5 Å². The van der Waals surface area contributed by atoms with Crippen molar-refractivity contribution in [2.45, 2.75) is 36.8 Å². The number of benzene rings is 1. The molecule has 1 aromatic carbocycles. The molecule has 0 saturated carbocycles. The van der Waals surface area contributed by atoms with Gasteiger partial charge in [-0.2, -0.15) is 0 Å². The van der Waals surface area contributed by atoms with Crippen LogP contribution < -0.4 is 10.5 Å². The van der Waals surface area contributed by atoms with Crippen LogP contribution in [0.2, 0.25) is 0 Å². The maximum absolute atomic E-state index is 13.8. The minimum atomic E-state index is -3.93. The predicted octanol–water partition coefficient (Wildman–Crippen LogP) is 1.31. The zero-order valence-electron chi connectivity index (χ0n) is 11.5. The minimum absolute atomic E-state index is 0.179. The number of nitrogens with one attached hydrogen (secondary N) is 1. The van der Waals surface area contributed by atoms with Crippen molar-refractivity contribution in [2.24, 2.45) is 5.73 Å². The summed E-state index contributed by atoms with van der Waals surface area (Å²) >= 11 is 4.75. The lowest BCUT2D eigenvalue weighted by atomic mass is 10.1. The highest BCUT2D eigenvalue weighted by Gasteiger charge is 2.29. The highest BCUT2D eigenvalue weighted by molar-refractivity contribution is 7.89. The zero-order valence-corrected chi connectivity index (χ0v) is 13.1. The molecular weight excluding hydrogens is 315 g/mol. The van der Waals surface area contributed by atoms with Crippen LogP contribution in [-0.4, -0.2) is 32.2 Å². The molecule has 0 aromatic heterocycles. The van der Waals surface area contributed by atoms with Crippen LogP contribution in [0.4, 0.5) is 4.39 Å². The van der Waals surface area contributed by atoms with Gasteiger partial charge in [0.05, 0.1) is 16.6 Å². The number of thiocarbonyl (C=S) groups is 1. The van der Waals surface area contributed by atoms with Crippen LogP contribution in [0.1, 0.15) is 25.3 Å². The van der Waals surface area contributed by atoms with Gasteiger partial charge in [0.1, 0.15) is 10.8 Å². The van der Waals surface area contributed by atoms with E-state index in [0.29, 0.717) is 6.61 Å². The number of nitrogens with two attached hydrogens (primary N) is 1. The van der Waals surface area contributed by atoms with Crippen LogP contribution in [-0.2, 0) is 14.8 Å². The molecule has 1 aromatic rings. The molecule has 0 radical (unpaired) electrons. The Labute approximate surface area is 128 Å². The highest BCUT2D eigenvalue weighted by Crippen LogP contribution is 2.21. The van der Waals surface area contributed by atoms with E-state index in [4.69, 9.17) is 22.7 Å². The first kappa shape index (κ1) is 16.3. The molecule has 0 bridgehead atoms. The monoisotopic (exact) mass is 332 g/mol. The largest absolute Gasteiger partial charge is 0.389 e. The van der Waals surface area contributed by atoms with Gasteiger partial charge < -0.3 is 10.5 Å². The average molecular weight is 332 g/mol. The number of sulfonamides is 1. The van der Waals surface area contributed by atoms with E-state index in [9.17, 15) is 12.8 Å². The first-order chi connectivity index (χ1) is 9.83. The molecule has 3 N–H and O–H groups in total. The van der Waals surface area contributed by atoms with E-state index in [-0.39, 0.29) is 21.6 Å². The van der Waals surface area contributed by atoms with E-state index in [0.717, 1.165) is 18.9 Å². The Morgan fingerprint density at radius 3 is 2.86 bits per heavy atom. The van der Waals surface area contributed by atoms with E-state index in [1.165, 1.54) is 12.1 Å². The van der Waals surface area contributed by atoms with Crippen molar-refractivity contribution in [3.63, 3.8) is 0 Å². The Kier molecular flexibility index (Phi) is 4.92. The molecule has 2 atom stereocenters. The first-order valence-corrected chi connectivity index (χ1v) is 8.44. The summed E-state index contributed by atoms with van der Waals surface area (Å²) in [5.41, 5.74) is 5.18. The van der Waals surface area contributed by atoms with Crippen molar-refractivity contribution < 1.29 is 17.5 Å². The molecule has 1 saturated heterocycles. The Balaban J connectivity index is 2.31. The normalized spacial score (nSPS) is 20.4. The quantitative estimate of drug-likeness (QED) is 0.795. The van der Waals surface area contributed by atoms with Gasteiger partial charge in [-0.15, -0.1) is 0 Å². The van der Waals surface area contributed by atoms with Crippen molar-refractivity contribution in [2.75, 3.05) is 6.61 Å². The molecule has 5 nitrogen and oxygen atoms in total. The molecule has 1 aliphatic rings. The third-order valence-corrected chi connectivity index (χ3v) is 5.18. The Bertz CT molecular complexity index is 643. The van der Waals surface area contributed by atoms with Crippen molar-refractivity contribution in [1.29, 1.82) is 0 Å². The summed E-state index contributed by atoms with van der Waals surface area (Å²) < 4.78 is 46.6. The van der Waals surface area contributed by atoms with Crippen molar-refractivity contribution in [3.8, 4) is 0 Å². The lowest BCUT2D eigenvalue weighted by Crippen LogP contribution is -2.41. The third-order valence-electron chi connectivity index (χ3n) is 3.37. The Morgan fingerprint density at radius 2 is 2.29 bits per heavy atom. The van der Waals surface area contributed by atoms with E-state index < -0.39 is 21.9 Å². The molecular formula is C13H17FN2O3S2. The predicted molar refractivity (Wildman–Crippen MR) is 81.0 cm³/mol. The van der Waals surface area contributed by atoms with Gasteiger partial charge >= 0.3 is 0 Å². The van der Waals surface area contributed by atoms with Crippen LogP contribution in [0, 0.1) is 5.82 Å². The zero-order chi connectivity index (χ0) is 15.6. The van der Waals surface area contributed by atoms with Crippen molar-refractivity contribution in [1.82, 2.24) is 4.72 Å². The summed E-state index contributed by atoms with van der Waals surface area (Å²) in [6.07, 6.45) is 1.51. The van der Waals surface area contributed by atoms with E-state index in [1.54, 1.807) is 6.92 Å². The minimum Gasteiger partial charge on any atom is -0.389 e. The van der Waals surface area contributed by atoms with Crippen LogP contribution in [0.3, 0.4) is 0 Å². The molecule has 1 fully saturated rings.